The highest BCUT2D eigenvalue weighted by molar-refractivity contribution is 6.32. The van der Waals surface area contributed by atoms with Gasteiger partial charge in [-0.3, -0.25) is 0 Å². The van der Waals surface area contributed by atoms with Crippen molar-refractivity contribution in [1.82, 2.24) is 29.8 Å². The Morgan fingerprint density at radius 2 is 2.19 bits per heavy atom. The maximum absolute atomic E-state index is 13.3. The maximum Gasteiger partial charge on any atom is 0.357 e. The molecule has 3 rings (SSSR count). The van der Waals surface area contributed by atoms with Crippen molar-refractivity contribution in [2.75, 3.05) is 6.61 Å². The number of hydrogen-bond donors (Lipinski definition) is 0. The van der Waals surface area contributed by atoms with Crippen molar-refractivity contribution in [2.45, 2.75) is 26.3 Å². The molecule has 0 radical (unpaired) electrons. The van der Waals surface area contributed by atoms with E-state index in [1.165, 1.54) is 21.6 Å². The Morgan fingerprint density at radius 3 is 2.81 bits per heavy atom. The summed E-state index contributed by atoms with van der Waals surface area (Å²) in [5, 5.41) is 11.7. The van der Waals surface area contributed by atoms with Gasteiger partial charge in [0, 0.05) is 13.1 Å². The van der Waals surface area contributed by atoms with Crippen LogP contribution in [0.1, 0.15) is 35.7 Å². The number of nitrogens with zero attached hydrogens (tertiary/aromatic N) is 6. The fourth-order valence-corrected chi connectivity index (χ4v) is 2.50. The van der Waals surface area contributed by atoms with Gasteiger partial charge in [0.1, 0.15) is 0 Å². The van der Waals surface area contributed by atoms with E-state index in [0.717, 1.165) is 13.1 Å². The molecule has 0 aliphatic carbocycles. The van der Waals surface area contributed by atoms with Gasteiger partial charge in [-0.15, -0.1) is 5.10 Å². The summed E-state index contributed by atoms with van der Waals surface area (Å²) in [7, 11) is 0. The predicted molar refractivity (Wildman–Crippen MR) is 91.0 cm³/mol. The first-order valence-electron chi connectivity index (χ1n) is 7.95. The molecule has 8 nitrogen and oxygen atoms in total. The number of aromatic nitrogens is 6. The highest BCUT2D eigenvalue weighted by Crippen LogP contribution is 2.24. The highest BCUT2D eigenvalue weighted by atomic mass is 35.5. The number of halogens is 3. The van der Waals surface area contributed by atoms with E-state index < -0.39 is 17.6 Å². The van der Waals surface area contributed by atoms with Crippen molar-refractivity contribution >= 4 is 17.6 Å². The molecule has 0 amide bonds. The molecule has 0 aromatic carbocycles. The second kappa shape index (κ2) is 7.39. The van der Waals surface area contributed by atoms with Gasteiger partial charge in [-0.1, -0.05) is 16.8 Å². The Labute approximate surface area is 157 Å². The number of hydrogen-bond acceptors (Lipinski definition) is 6. The third-order valence-electron chi connectivity index (χ3n) is 3.50. The van der Waals surface area contributed by atoms with Crippen LogP contribution in [0.5, 0.6) is 0 Å². The number of carbonyl (C=O) groups excluding carboxylic acids is 1. The van der Waals surface area contributed by atoms with E-state index in [4.69, 9.17) is 16.3 Å². The number of ether oxygens (including phenoxy) is 1. The van der Waals surface area contributed by atoms with Crippen LogP contribution >= 0.6 is 11.6 Å². The maximum atomic E-state index is 13.3. The number of rotatable bonds is 6. The van der Waals surface area contributed by atoms with Crippen molar-refractivity contribution in [2.24, 2.45) is 0 Å². The standard InChI is InChI=1S/C16H15ClF2N6O2/c1-3-27-15(26)12-7-10(8-24-9-13(21-23-24)16(2,18)19)22-25(12)14-11(17)5-4-6-20-14/h4-7,9H,3,8H2,1-2H3. The molecule has 27 heavy (non-hydrogen) atoms. The second-order valence-corrected chi connectivity index (χ2v) is 6.06. The predicted octanol–water partition coefficient (Wildman–Crippen LogP) is 2.85. The molecule has 0 aliphatic rings. The molecule has 11 heteroatoms. The minimum absolute atomic E-state index is 0.0208. The van der Waals surface area contributed by atoms with Crippen LogP contribution < -0.4 is 0 Å². The van der Waals surface area contributed by atoms with Crippen molar-refractivity contribution in [1.29, 1.82) is 0 Å². The lowest BCUT2D eigenvalue weighted by Gasteiger charge is -2.07. The lowest BCUT2D eigenvalue weighted by Crippen LogP contribution is -2.13. The summed E-state index contributed by atoms with van der Waals surface area (Å²) >= 11 is 6.15. The van der Waals surface area contributed by atoms with Crippen LogP contribution in [-0.4, -0.2) is 42.3 Å². The van der Waals surface area contributed by atoms with Crippen LogP contribution in [0.15, 0.2) is 30.6 Å². The van der Waals surface area contributed by atoms with E-state index in [1.807, 2.05) is 0 Å². The summed E-state index contributed by atoms with van der Waals surface area (Å²) in [4.78, 5) is 16.4. The van der Waals surface area contributed by atoms with E-state index in [0.29, 0.717) is 5.69 Å². The first-order chi connectivity index (χ1) is 12.8. The number of esters is 1. The van der Waals surface area contributed by atoms with Gasteiger partial charge in [-0.25, -0.2) is 19.1 Å². The molecule has 0 saturated heterocycles. The molecule has 0 fully saturated rings. The van der Waals surface area contributed by atoms with Crippen molar-refractivity contribution < 1.29 is 18.3 Å². The van der Waals surface area contributed by atoms with E-state index in [9.17, 15) is 13.6 Å². The van der Waals surface area contributed by atoms with Gasteiger partial charge in [-0.05, 0) is 25.1 Å². The molecule has 0 spiro atoms. The van der Waals surface area contributed by atoms with Crippen LogP contribution in [0.3, 0.4) is 0 Å². The van der Waals surface area contributed by atoms with E-state index >= 15 is 0 Å². The van der Waals surface area contributed by atoms with Gasteiger partial charge in [0.25, 0.3) is 5.92 Å². The lowest BCUT2D eigenvalue weighted by molar-refractivity contribution is 0.0126. The largest absolute Gasteiger partial charge is 0.461 e. The fourth-order valence-electron chi connectivity index (χ4n) is 2.30. The van der Waals surface area contributed by atoms with Crippen LogP contribution in [0.4, 0.5) is 8.78 Å². The molecule has 0 atom stereocenters. The SMILES string of the molecule is CCOC(=O)c1cc(Cn2cc(C(C)(F)F)nn2)nn1-c1ncccc1Cl. The zero-order valence-corrected chi connectivity index (χ0v) is 15.2. The van der Waals surface area contributed by atoms with Gasteiger partial charge in [0.15, 0.2) is 17.2 Å². The monoisotopic (exact) mass is 396 g/mol. The molecule has 3 heterocycles. The van der Waals surface area contributed by atoms with E-state index in [2.05, 4.69) is 20.4 Å². The van der Waals surface area contributed by atoms with Crippen LogP contribution in [0.25, 0.3) is 5.82 Å². The third kappa shape index (κ3) is 4.11. The van der Waals surface area contributed by atoms with Gasteiger partial charge in [0.2, 0.25) is 0 Å². The highest BCUT2D eigenvalue weighted by Gasteiger charge is 2.28. The molecule has 0 aliphatic heterocycles. The van der Waals surface area contributed by atoms with E-state index in [1.54, 1.807) is 19.1 Å². The quantitative estimate of drug-likeness (QED) is 0.595. The summed E-state index contributed by atoms with van der Waals surface area (Å²) in [5.41, 5.74) is 0.0181. The third-order valence-corrected chi connectivity index (χ3v) is 3.79. The molecule has 0 bridgehead atoms. The molecular weight excluding hydrogens is 382 g/mol. The van der Waals surface area contributed by atoms with Gasteiger partial charge >= 0.3 is 5.97 Å². The fraction of sp³-hybridized carbons (Fsp3) is 0.312. The van der Waals surface area contributed by atoms with Gasteiger partial charge < -0.3 is 4.74 Å². The first kappa shape index (κ1) is 18.9. The molecular formula is C16H15ClF2N6O2. The van der Waals surface area contributed by atoms with Crippen molar-refractivity contribution in [3.63, 3.8) is 0 Å². The molecule has 3 aromatic heterocycles. The van der Waals surface area contributed by atoms with Crippen LogP contribution in [-0.2, 0) is 17.2 Å². The second-order valence-electron chi connectivity index (χ2n) is 5.65. The molecule has 0 saturated carbocycles. The van der Waals surface area contributed by atoms with Crippen molar-refractivity contribution in [3.8, 4) is 5.82 Å². The Morgan fingerprint density at radius 1 is 1.41 bits per heavy atom. The van der Waals surface area contributed by atoms with Crippen LogP contribution in [0, 0.1) is 0 Å². The Kier molecular flexibility index (Phi) is 5.17. The summed E-state index contributed by atoms with van der Waals surface area (Å²) < 4.78 is 34.1. The Bertz CT molecular complexity index is 966. The molecule has 3 aromatic rings. The molecule has 0 N–H and O–H groups in total. The van der Waals surface area contributed by atoms with Crippen LogP contribution in [0.2, 0.25) is 5.02 Å². The van der Waals surface area contributed by atoms with E-state index in [-0.39, 0.29) is 29.7 Å². The normalized spacial score (nSPS) is 11.6. The Hall–Kier alpha value is -2.88. The first-order valence-corrected chi connectivity index (χ1v) is 8.32. The average molecular weight is 397 g/mol. The minimum Gasteiger partial charge on any atom is -0.461 e. The average Bonchev–Trinajstić information content (AvgIpc) is 3.23. The number of alkyl halides is 2. The number of pyridine rings is 1. The zero-order chi connectivity index (χ0) is 19.6. The van der Waals surface area contributed by atoms with Gasteiger partial charge in [0.05, 0.1) is 30.1 Å². The zero-order valence-electron chi connectivity index (χ0n) is 14.4. The smallest absolute Gasteiger partial charge is 0.357 e. The minimum atomic E-state index is -3.10. The van der Waals surface area contributed by atoms with Gasteiger partial charge in [-0.2, -0.15) is 13.9 Å². The summed E-state index contributed by atoms with van der Waals surface area (Å²) in [5.74, 6) is -3.47. The Balaban J connectivity index is 1.97. The summed E-state index contributed by atoms with van der Waals surface area (Å²) in [6.45, 7) is 2.60. The topological polar surface area (TPSA) is 87.7 Å². The van der Waals surface area contributed by atoms with Crippen molar-refractivity contribution in [3.05, 3.63) is 52.7 Å². The number of carbonyl (C=O) groups is 1. The summed E-state index contributed by atoms with van der Waals surface area (Å²) in [6.07, 6.45) is 2.63. The molecule has 0 unspecified atom stereocenters. The summed E-state index contributed by atoms with van der Waals surface area (Å²) in [6, 6.07) is 4.71. The molecule has 142 valence electrons. The lowest BCUT2D eigenvalue weighted by atomic mass is 10.3.